The summed E-state index contributed by atoms with van der Waals surface area (Å²) in [6.07, 6.45) is 3.76. The Morgan fingerprint density at radius 3 is 2.08 bits per heavy atom. The molecule has 0 aliphatic carbocycles. The molecule has 5 aromatic rings. The molecule has 0 unspecified atom stereocenters. The molecule has 1 fully saturated rings. The number of benzene rings is 3. The van der Waals surface area contributed by atoms with Gasteiger partial charge in [-0.1, -0.05) is 59.6 Å². The SMILES string of the molecule is O=c1cc(NC2CCN(c3ccccn3)CC2)c2cc(C(c3ccc(Cl)cc3)c3ccc(Cl)cc3)ccc2[nH]1. The number of anilines is 2. The fraction of sp³-hybridized carbons (Fsp3) is 0.188. The second kappa shape index (κ2) is 11.1. The lowest BCUT2D eigenvalue weighted by Gasteiger charge is -2.33. The van der Waals surface area contributed by atoms with Gasteiger partial charge in [-0.3, -0.25) is 4.79 Å². The largest absolute Gasteiger partial charge is 0.381 e. The first-order valence-electron chi connectivity index (χ1n) is 13.1. The van der Waals surface area contributed by atoms with Crippen molar-refractivity contribution in [3.63, 3.8) is 0 Å². The Balaban J connectivity index is 1.33. The molecule has 3 aromatic carbocycles. The van der Waals surface area contributed by atoms with Crippen LogP contribution in [0.2, 0.25) is 10.0 Å². The minimum absolute atomic E-state index is 0.0228. The Hall–Kier alpha value is -3.80. The molecule has 1 aliphatic heterocycles. The molecule has 0 spiro atoms. The van der Waals surface area contributed by atoms with Crippen molar-refractivity contribution in [2.24, 2.45) is 0 Å². The molecule has 2 N–H and O–H groups in total. The normalized spacial score (nSPS) is 14.2. The van der Waals surface area contributed by atoms with Crippen molar-refractivity contribution >= 4 is 45.6 Å². The summed E-state index contributed by atoms with van der Waals surface area (Å²) in [7, 11) is 0. The number of H-pyrrole nitrogens is 1. The van der Waals surface area contributed by atoms with Gasteiger partial charge in [0.25, 0.3) is 0 Å². The first-order valence-corrected chi connectivity index (χ1v) is 13.9. The molecule has 6 rings (SSSR count). The molecule has 0 atom stereocenters. The van der Waals surface area contributed by atoms with Gasteiger partial charge in [-0.05, 0) is 78.1 Å². The number of aromatic nitrogens is 2. The molecule has 0 saturated carbocycles. The Labute approximate surface area is 237 Å². The van der Waals surface area contributed by atoms with E-state index >= 15 is 0 Å². The van der Waals surface area contributed by atoms with Crippen LogP contribution in [-0.4, -0.2) is 29.1 Å². The van der Waals surface area contributed by atoms with Crippen LogP contribution < -0.4 is 15.8 Å². The summed E-state index contributed by atoms with van der Waals surface area (Å²) in [5.74, 6) is 0.989. The molecule has 7 heteroatoms. The third-order valence-electron chi connectivity index (χ3n) is 7.43. The van der Waals surface area contributed by atoms with Crippen molar-refractivity contribution in [2.75, 3.05) is 23.3 Å². The quantitative estimate of drug-likeness (QED) is 0.213. The zero-order chi connectivity index (χ0) is 26.8. The molecule has 39 heavy (non-hydrogen) atoms. The first-order chi connectivity index (χ1) is 19.0. The van der Waals surface area contributed by atoms with E-state index in [0.29, 0.717) is 10.0 Å². The molecule has 3 heterocycles. The van der Waals surface area contributed by atoms with E-state index in [-0.39, 0.29) is 17.5 Å². The molecule has 1 saturated heterocycles. The molecule has 0 radical (unpaired) electrons. The number of rotatable bonds is 6. The number of piperidine rings is 1. The van der Waals surface area contributed by atoms with E-state index in [1.165, 1.54) is 0 Å². The second-order valence-electron chi connectivity index (χ2n) is 9.98. The van der Waals surface area contributed by atoms with Crippen molar-refractivity contribution in [3.8, 4) is 0 Å². The summed E-state index contributed by atoms with van der Waals surface area (Å²) in [4.78, 5) is 22.4. The highest BCUT2D eigenvalue weighted by Crippen LogP contribution is 2.36. The van der Waals surface area contributed by atoms with Gasteiger partial charge in [0.1, 0.15) is 5.82 Å². The predicted molar refractivity (Wildman–Crippen MR) is 162 cm³/mol. The highest BCUT2D eigenvalue weighted by atomic mass is 35.5. The molecule has 1 aliphatic rings. The molecule has 2 aromatic heterocycles. The molecular weight excluding hydrogens is 527 g/mol. The summed E-state index contributed by atoms with van der Waals surface area (Å²) in [6, 6.07) is 30.2. The highest BCUT2D eigenvalue weighted by molar-refractivity contribution is 6.30. The van der Waals surface area contributed by atoms with Gasteiger partial charge in [0.2, 0.25) is 5.56 Å². The van der Waals surface area contributed by atoms with E-state index < -0.39 is 0 Å². The molecular formula is C32H28Cl2N4O. The number of fused-ring (bicyclic) bond motifs is 1. The number of hydrogen-bond donors (Lipinski definition) is 2. The van der Waals surface area contributed by atoms with Gasteiger partial charge >= 0.3 is 0 Å². The van der Waals surface area contributed by atoms with Crippen LogP contribution in [-0.2, 0) is 0 Å². The smallest absolute Gasteiger partial charge is 0.250 e. The summed E-state index contributed by atoms with van der Waals surface area (Å²) in [6.45, 7) is 1.83. The second-order valence-corrected chi connectivity index (χ2v) is 10.9. The van der Waals surface area contributed by atoms with Gasteiger partial charge in [0.15, 0.2) is 0 Å². The van der Waals surface area contributed by atoms with Gasteiger partial charge in [0, 0.05) is 58.4 Å². The van der Waals surface area contributed by atoms with Crippen molar-refractivity contribution in [1.29, 1.82) is 0 Å². The average molecular weight is 556 g/mol. The summed E-state index contributed by atoms with van der Waals surface area (Å²) >= 11 is 12.4. The van der Waals surface area contributed by atoms with Crippen LogP contribution in [0.3, 0.4) is 0 Å². The van der Waals surface area contributed by atoms with Gasteiger partial charge in [-0.15, -0.1) is 0 Å². The van der Waals surface area contributed by atoms with Crippen molar-refractivity contribution < 1.29 is 0 Å². The van der Waals surface area contributed by atoms with E-state index in [9.17, 15) is 4.79 Å². The van der Waals surface area contributed by atoms with Crippen molar-refractivity contribution in [3.05, 3.63) is 134 Å². The van der Waals surface area contributed by atoms with Crippen LogP contribution in [0.5, 0.6) is 0 Å². The van der Waals surface area contributed by atoms with Crippen molar-refractivity contribution in [2.45, 2.75) is 24.8 Å². The Morgan fingerprint density at radius 1 is 0.821 bits per heavy atom. The fourth-order valence-electron chi connectivity index (χ4n) is 5.47. The van der Waals surface area contributed by atoms with E-state index in [1.54, 1.807) is 6.07 Å². The Kier molecular flexibility index (Phi) is 7.27. The van der Waals surface area contributed by atoms with Crippen LogP contribution >= 0.6 is 23.2 Å². The van der Waals surface area contributed by atoms with Crippen LogP contribution in [0.25, 0.3) is 10.9 Å². The lowest BCUT2D eigenvalue weighted by molar-refractivity contribution is 0.524. The number of nitrogens with one attached hydrogen (secondary N) is 2. The molecule has 0 amide bonds. The fourth-order valence-corrected chi connectivity index (χ4v) is 5.72. The third-order valence-corrected chi connectivity index (χ3v) is 7.94. The van der Waals surface area contributed by atoms with Crippen LogP contribution in [0, 0.1) is 0 Å². The lowest BCUT2D eigenvalue weighted by Crippen LogP contribution is -2.39. The van der Waals surface area contributed by atoms with Crippen LogP contribution in [0.4, 0.5) is 11.5 Å². The topological polar surface area (TPSA) is 61.0 Å². The highest BCUT2D eigenvalue weighted by Gasteiger charge is 2.22. The number of hydrogen-bond acceptors (Lipinski definition) is 4. The summed E-state index contributed by atoms with van der Waals surface area (Å²) < 4.78 is 0. The zero-order valence-corrected chi connectivity index (χ0v) is 22.8. The Bertz CT molecular complexity index is 1580. The number of pyridine rings is 2. The van der Waals surface area contributed by atoms with Crippen LogP contribution in [0.15, 0.2) is 102 Å². The average Bonchev–Trinajstić information content (AvgIpc) is 2.96. The van der Waals surface area contributed by atoms with Gasteiger partial charge in [0.05, 0.1) is 5.52 Å². The molecule has 5 nitrogen and oxygen atoms in total. The third kappa shape index (κ3) is 5.65. The zero-order valence-electron chi connectivity index (χ0n) is 21.3. The summed E-state index contributed by atoms with van der Waals surface area (Å²) in [5, 5.41) is 6.09. The monoisotopic (exact) mass is 554 g/mol. The van der Waals surface area contributed by atoms with E-state index in [1.807, 2.05) is 48.7 Å². The summed E-state index contributed by atoms with van der Waals surface area (Å²) in [5.41, 5.74) is 4.93. The standard InChI is InChI=1S/C32H28Cl2N4O/c33-24-9-4-21(5-10-24)32(22-6-11-25(34)12-7-22)23-8-13-28-27(19-23)29(20-31(39)37-28)36-26-14-17-38(18-15-26)30-3-1-2-16-35-30/h1-13,16,19-20,26,32H,14-15,17-18H2,(H2,36,37,39). The Morgan fingerprint density at radius 2 is 1.46 bits per heavy atom. The minimum Gasteiger partial charge on any atom is -0.381 e. The van der Waals surface area contributed by atoms with Crippen molar-refractivity contribution in [1.82, 2.24) is 9.97 Å². The van der Waals surface area contributed by atoms with Crippen LogP contribution in [0.1, 0.15) is 35.4 Å². The van der Waals surface area contributed by atoms with E-state index in [4.69, 9.17) is 23.2 Å². The number of aromatic amines is 1. The first kappa shape index (κ1) is 25.5. The lowest BCUT2D eigenvalue weighted by atomic mass is 9.84. The maximum atomic E-state index is 12.6. The maximum Gasteiger partial charge on any atom is 0.250 e. The van der Waals surface area contributed by atoms with Gasteiger partial charge in [-0.25, -0.2) is 4.98 Å². The van der Waals surface area contributed by atoms with E-state index in [0.717, 1.165) is 65.0 Å². The predicted octanol–water partition coefficient (Wildman–Crippen LogP) is 7.49. The number of nitrogens with zero attached hydrogens (tertiary/aromatic N) is 2. The molecule has 196 valence electrons. The van der Waals surface area contributed by atoms with Gasteiger partial charge in [-0.2, -0.15) is 0 Å². The number of halogens is 2. The van der Waals surface area contributed by atoms with E-state index in [2.05, 4.69) is 62.6 Å². The van der Waals surface area contributed by atoms with Gasteiger partial charge < -0.3 is 15.2 Å². The molecule has 0 bridgehead atoms. The minimum atomic E-state index is -0.115. The maximum absolute atomic E-state index is 12.6.